The zero-order valence-electron chi connectivity index (χ0n) is 12.0. The molecular formula is C16H12N2O3S2. The number of benzene rings is 2. The second-order valence-corrected chi connectivity index (χ2v) is 5.92. The van der Waals surface area contributed by atoms with Crippen molar-refractivity contribution in [2.24, 2.45) is 9.98 Å². The summed E-state index contributed by atoms with van der Waals surface area (Å²) >= 11 is 2.68. The summed E-state index contributed by atoms with van der Waals surface area (Å²) in [5.74, 6) is 1.40. The van der Waals surface area contributed by atoms with Crippen molar-refractivity contribution in [2.45, 2.75) is 11.5 Å². The minimum Gasteiger partial charge on any atom is -0.247 e. The van der Waals surface area contributed by atoms with E-state index in [1.807, 2.05) is 24.3 Å². The van der Waals surface area contributed by atoms with E-state index < -0.39 is 0 Å². The highest BCUT2D eigenvalue weighted by atomic mass is 32.2. The van der Waals surface area contributed by atoms with Crippen molar-refractivity contribution in [3.05, 3.63) is 59.7 Å². The predicted molar refractivity (Wildman–Crippen MR) is 92.1 cm³/mol. The maximum absolute atomic E-state index is 10.1. The molecule has 116 valence electrons. The average Bonchev–Trinajstić information content (AvgIpc) is 2.58. The third-order valence-electron chi connectivity index (χ3n) is 2.77. The fraction of sp³-hybridized carbons (Fsp3) is 0.125. The highest BCUT2D eigenvalue weighted by molar-refractivity contribution is 8.07. The molecule has 0 N–H and O–H groups in total. The monoisotopic (exact) mass is 344 g/mol. The first kappa shape index (κ1) is 17.2. The molecule has 0 spiro atoms. The molecule has 2 aromatic rings. The Kier molecular flexibility index (Phi) is 7.33. The standard InChI is InChI=1S/C16H12N2O3S2/c19-11-17-15-5-1-13(2-6-15)9-22-21-23-10-14-3-7-16(8-4-14)18-12-20/h1-8H,9-10H2. The van der Waals surface area contributed by atoms with Gasteiger partial charge in [-0.15, -0.1) is 0 Å². The fourth-order valence-electron chi connectivity index (χ4n) is 1.66. The number of nitrogens with zero attached hydrogens (tertiary/aromatic N) is 2. The van der Waals surface area contributed by atoms with Crippen LogP contribution in [0.4, 0.5) is 11.4 Å². The van der Waals surface area contributed by atoms with Gasteiger partial charge < -0.3 is 0 Å². The molecular weight excluding hydrogens is 332 g/mol. The Bertz CT molecular complexity index is 656. The van der Waals surface area contributed by atoms with E-state index in [9.17, 15) is 9.59 Å². The SMILES string of the molecule is O=C=Nc1ccc(CSOSCc2ccc(N=C=O)cc2)cc1. The van der Waals surface area contributed by atoms with E-state index in [1.54, 1.807) is 24.3 Å². The molecule has 0 aromatic heterocycles. The maximum atomic E-state index is 10.1. The molecule has 0 radical (unpaired) electrons. The van der Waals surface area contributed by atoms with Crippen LogP contribution in [-0.2, 0) is 24.7 Å². The first-order valence-corrected chi connectivity index (χ1v) is 8.38. The topological polar surface area (TPSA) is 68.1 Å². The van der Waals surface area contributed by atoms with Gasteiger partial charge in [-0.05, 0) is 35.4 Å². The Morgan fingerprint density at radius 3 is 1.48 bits per heavy atom. The molecule has 2 aromatic carbocycles. The van der Waals surface area contributed by atoms with Crippen LogP contribution in [0.15, 0.2) is 58.5 Å². The average molecular weight is 344 g/mol. The summed E-state index contributed by atoms with van der Waals surface area (Å²) in [6, 6.07) is 14.6. The second-order valence-electron chi connectivity index (χ2n) is 4.33. The lowest BCUT2D eigenvalue weighted by Gasteiger charge is -2.03. The summed E-state index contributed by atoms with van der Waals surface area (Å²) in [5.41, 5.74) is 3.34. The summed E-state index contributed by atoms with van der Waals surface area (Å²) in [6.07, 6.45) is 3.01. The minimum absolute atomic E-state index is 0.589. The third-order valence-corrected chi connectivity index (χ3v) is 4.44. The van der Waals surface area contributed by atoms with Crippen LogP contribution in [0.25, 0.3) is 0 Å². The number of isocyanates is 2. The van der Waals surface area contributed by atoms with Crippen LogP contribution in [0.1, 0.15) is 11.1 Å². The van der Waals surface area contributed by atoms with E-state index in [-0.39, 0.29) is 0 Å². The predicted octanol–water partition coefficient (Wildman–Crippen LogP) is 4.63. The van der Waals surface area contributed by atoms with Crippen molar-refractivity contribution < 1.29 is 13.2 Å². The number of hydrogen-bond donors (Lipinski definition) is 0. The molecule has 5 nitrogen and oxygen atoms in total. The molecule has 2 rings (SSSR count). The fourth-order valence-corrected chi connectivity index (χ4v) is 2.97. The Balaban J connectivity index is 1.69. The summed E-state index contributed by atoms with van der Waals surface area (Å²) in [5, 5.41) is 0. The van der Waals surface area contributed by atoms with E-state index in [4.69, 9.17) is 3.63 Å². The van der Waals surface area contributed by atoms with Crippen LogP contribution in [0, 0.1) is 0 Å². The van der Waals surface area contributed by atoms with Crippen LogP contribution in [0.3, 0.4) is 0 Å². The first-order valence-electron chi connectivity index (χ1n) is 6.56. The molecule has 0 aliphatic heterocycles. The highest BCUT2D eigenvalue weighted by Gasteiger charge is 1.98. The van der Waals surface area contributed by atoms with Crippen molar-refractivity contribution in [2.75, 3.05) is 0 Å². The van der Waals surface area contributed by atoms with Crippen LogP contribution >= 0.6 is 24.1 Å². The largest absolute Gasteiger partial charge is 0.247 e. The van der Waals surface area contributed by atoms with E-state index in [0.717, 1.165) is 11.1 Å². The molecule has 0 unspecified atom stereocenters. The van der Waals surface area contributed by atoms with Gasteiger partial charge in [0.05, 0.1) is 11.4 Å². The summed E-state index contributed by atoms with van der Waals surface area (Å²) in [6.45, 7) is 0. The number of hydrogen-bond acceptors (Lipinski definition) is 7. The summed E-state index contributed by atoms with van der Waals surface area (Å²) < 4.78 is 5.46. The normalized spacial score (nSPS) is 9.74. The lowest BCUT2D eigenvalue weighted by Crippen LogP contribution is -1.81. The molecule has 0 bridgehead atoms. The van der Waals surface area contributed by atoms with Gasteiger partial charge in [-0.3, -0.25) is 0 Å². The Morgan fingerprint density at radius 1 is 0.739 bits per heavy atom. The van der Waals surface area contributed by atoms with Gasteiger partial charge in [0.15, 0.2) is 0 Å². The van der Waals surface area contributed by atoms with Crippen LogP contribution in [0.2, 0.25) is 0 Å². The molecule has 0 aliphatic rings. The lowest BCUT2D eigenvalue weighted by molar-refractivity contribution is 0.564. The second kappa shape index (κ2) is 9.79. The van der Waals surface area contributed by atoms with E-state index in [0.29, 0.717) is 22.9 Å². The quantitative estimate of drug-likeness (QED) is 0.302. The van der Waals surface area contributed by atoms with Gasteiger partial charge in [-0.1, -0.05) is 24.3 Å². The lowest BCUT2D eigenvalue weighted by atomic mass is 10.2. The van der Waals surface area contributed by atoms with Gasteiger partial charge in [0.2, 0.25) is 12.2 Å². The molecule has 7 heteroatoms. The van der Waals surface area contributed by atoms with Gasteiger partial charge in [0.25, 0.3) is 0 Å². The number of carbonyl (C=O) groups excluding carboxylic acids is 2. The van der Waals surface area contributed by atoms with Crippen molar-refractivity contribution >= 4 is 47.6 Å². The van der Waals surface area contributed by atoms with Crippen molar-refractivity contribution in [3.8, 4) is 0 Å². The van der Waals surface area contributed by atoms with E-state index in [2.05, 4.69) is 9.98 Å². The number of rotatable bonds is 8. The summed E-state index contributed by atoms with van der Waals surface area (Å²) in [4.78, 5) is 27.3. The maximum Gasteiger partial charge on any atom is 0.240 e. The third kappa shape index (κ3) is 6.24. The highest BCUT2D eigenvalue weighted by Crippen LogP contribution is 2.24. The summed E-state index contributed by atoms with van der Waals surface area (Å²) in [7, 11) is 0. The van der Waals surface area contributed by atoms with Gasteiger partial charge in [0, 0.05) is 35.6 Å². The smallest absolute Gasteiger partial charge is 0.240 e. The van der Waals surface area contributed by atoms with Crippen molar-refractivity contribution in [1.29, 1.82) is 0 Å². The Morgan fingerprint density at radius 2 is 1.13 bits per heavy atom. The Labute approximate surface area is 142 Å². The number of aliphatic imine (C=N–C) groups is 2. The van der Waals surface area contributed by atoms with Crippen molar-refractivity contribution in [3.63, 3.8) is 0 Å². The molecule has 0 saturated heterocycles. The molecule has 0 atom stereocenters. The molecule has 0 aliphatic carbocycles. The molecule has 0 heterocycles. The molecule has 0 saturated carbocycles. The van der Waals surface area contributed by atoms with Crippen molar-refractivity contribution in [1.82, 2.24) is 0 Å². The van der Waals surface area contributed by atoms with E-state index >= 15 is 0 Å². The zero-order chi connectivity index (χ0) is 16.3. The van der Waals surface area contributed by atoms with Gasteiger partial charge >= 0.3 is 0 Å². The first-order chi connectivity index (χ1) is 11.3. The van der Waals surface area contributed by atoms with Gasteiger partial charge in [-0.25, -0.2) is 13.2 Å². The van der Waals surface area contributed by atoms with Gasteiger partial charge in [0.1, 0.15) is 0 Å². The van der Waals surface area contributed by atoms with Crippen LogP contribution in [-0.4, -0.2) is 12.2 Å². The van der Waals surface area contributed by atoms with E-state index in [1.165, 1.54) is 36.2 Å². The molecule has 0 amide bonds. The minimum atomic E-state index is 0.589. The van der Waals surface area contributed by atoms with Crippen LogP contribution in [0.5, 0.6) is 0 Å². The molecule has 23 heavy (non-hydrogen) atoms. The van der Waals surface area contributed by atoms with Gasteiger partial charge in [-0.2, -0.15) is 9.98 Å². The Hall–Kier alpha value is -2.14. The zero-order valence-corrected chi connectivity index (χ0v) is 13.6. The van der Waals surface area contributed by atoms with Crippen LogP contribution < -0.4 is 0 Å². The molecule has 0 fully saturated rings.